The largest absolute Gasteiger partial charge is 0.459 e. The summed E-state index contributed by atoms with van der Waals surface area (Å²) in [6.07, 6.45) is 5.22. The van der Waals surface area contributed by atoms with Crippen LogP contribution < -0.4 is 5.32 Å². The molecule has 1 aliphatic heterocycles. The molecule has 0 spiro atoms. The molecule has 0 aliphatic carbocycles. The van der Waals surface area contributed by atoms with E-state index in [9.17, 15) is 14.4 Å². The molecule has 32 heavy (non-hydrogen) atoms. The minimum Gasteiger partial charge on any atom is -0.459 e. The number of Topliss-reactive ketones (excluding diaryl/α,β-unsaturated/α-hetero) is 1. The number of ether oxygens (including phenoxy) is 1. The predicted octanol–water partition coefficient (Wildman–Crippen LogP) is 4.23. The number of hydrogen-bond acceptors (Lipinski definition) is 5. The van der Waals surface area contributed by atoms with E-state index >= 15 is 0 Å². The van der Waals surface area contributed by atoms with Crippen LogP contribution in [0.2, 0.25) is 0 Å². The molecular formula is C26H40N2O4. The third-order valence-electron chi connectivity index (χ3n) is 6.45. The Morgan fingerprint density at radius 2 is 1.75 bits per heavy atom. The number of likely N-dealkylation sites (tertiary alicyclic amines) is 1. The number of ketones is 1. The van der Waals surface area contributed by atoms with Crippen molar-refractivity contribution in [3.8, 4) is 0 Å². The fourth-order valence-corrected chi connectivity index (χ4v) is 4.64. The van der Waals surface area contributed by atoms with Crippen molar-refractivity contribution in [2.45, 2.75) is 78.8 Å². The monoisotopic (exact) mass is 444 g/mol. The van der Waals surface area contributed by atoms with Crippen molar-refractivity contribution < 1.29 is 19.1 Å². The third-order valence-corrected chi connectivity index (χ3v) is 6.45. The Labute approximate surface area is 193 Å². The molecule has 0 radical (unpaired) electrons. The average molecular weight is 445 g/mol. The van der Waals surface area contributed by atoms with E-state index in [0.717, 1.165) is 25.7 Å². The van der Waals surface area contributed by atoms with Crippen molar-refractivity contribution in [3.05, 3.63) is 35.9 Å². The molecule has 1 saturated heterocycles. The van der Waals surface area contributed by atoms with Gasteiger partial charge in [-0.3, -0.25) is 14.5 Å². The van der Waals surface area contributed by atoms with Gasteiger partial charge in [-0.1, -0.05) is 57.5 Å². The first kappa shape index (κ1) is 26.0. The van der Waals surface area contributed by atoms with Gasteiger partial charge in [0.25, 0.3) is 5.78 Å². The zero-order valence-corrected chi connectivity index (χ0v) is 20.4. The summed E-state index contributed by atoms with van der Waals surface area (Å²) in [6.45, 7) is 12.0. The van der Waals surface area contributed by atoms with Gasteiger partial charge in [-0.2, -0.15) is 0 Å². The predicted molar refractivity (Wildman–Crippen MR) is 126 cm³/mol. The zero-order chi connectivity index (χ0) is 23.7. The van der Waals surface area contributed by atoms with Gasteiger partial charge in [0.15, 0.2) is 0 Å². The smallest absolute Gasteiger partial charge is 0.379 e. The van der Waals surface area contributed by atoms with E-state index in [0.29, 0.717) is 30.7 Å². The molecule has 1 amide bonds. The molecule has 3 unspecified atom stereocenters. The minimum atomic E-state index is -0.811. The van der Waals surface area contributed by atoms with Crippen LogP contribution in [0.4, 0.5) is 0 Å². The summed E-state index contributed by atoms with van der Waals surface area (Å²) in [6, 6.07) is 9.37. The lowest BCUT2D eigenvalue weighted by Gasteiger charge is -2.38. The van der Waals surface area contributed by atoms with Crippen molar-refractivity contribution >= 4 is 17.7 Å². The minimum absolute atomic E-state index is 0.0196. The van der Waals surface area contributed by atoms with Crippen LogP contribution in [0.3, 0.4) is 0 Å². The lowest BCUT2D eigenvalue weighted by atomic mass is 9.81. The number of hydrogen-bond donors (Lipinski definition) is 1. The van der Waals surface area contributed by atoms with Crippen LogP contribution in [0.5, 0.6) is 0 Å². The van der Waals surface area contributed by atoms with E-state index in [1.807, 2.05) is 6.92 Å². The number of rotatable bonds is 11. The van der Waals surface area contributed by atoms with Crippen molar-refractivity contribution in [2.75, 3.05) is 19.7 Å². The molecule has 178 valence electrons. The number of amides is 1. The van der Waals surface area contributed by atoms with Crippen molar-refractivity contribution in [1.29, 1.82) is 0 Å². The third kappa shape index (κ3) is 8.38. The van der Waals surface area contributed by atoms with Crippen LogP contribution in [-0.2, 0) is 14.3 Å². The van der Waals surface area contributed by atoms with Crippen molar-refractivity contribution in [2.24, 2.45) is 11.3 Å². The molecule has 1 N–H and O–H groups in total. The molecule has 0 aromatic heterocycles. The number of benzene rings is 1. The van der Waals surface area contributed by atoms with Crippen LogP contribution in [0.25, 0.3) is 0 Å². The molecule has 3 atom stereocenters. The highest BCUT2D eigenvalue weighted by Crippen LogP contribution is 2.29. The topological polar surface area (TPSA) is 75.7 Å². The number of esters is 1. The summed E-state index contributed by atoms with van der Waals surface area (Å²) in [7, 11) is 0. The fraction of sp³-hybridized carbons (Fsp3) is 0.654. The van der Waals surface area contributed by atoms with Gasteiger partial charge in [-0.05, 0) is 50.9 Å². The van der Waals surface area contributed by atoms with E-state index in [1.54, 1.807) is 30.3 Å². The van der Waals surface area contributed by atoms with Crippen LogP contribution in [0.1, 0.15) is 77.1 Å². The van der Waals surface area contributed by atoms with Gasteiger partial charge >= 0.3 is 5.97 Å². The number of piperidine rings is 1. The molecule has 6 nitrogen and oxygen atoms in total. The van der Waals surface area contributed by atoms with Gasteiger partial charge in [-0.15, -0.1) is 0 Å². The molecule has 0 saturated carbocycles. The normalized spacial score (nSPS) is 20.4. The molecule has 6 heteroatoms. The summed E-state index contributed by atoms with van der Waals surface area (Å²) in [5.41, 5.74) is 0.323. The van der Waals surface area contributed by atoms with E-state index in [-0.39, 0.29) is 23.8 Å². The van der Waals surface area contributed by atoms with Crippen LogP contribution in [0.15, 0.2) is 30.3 Å². The average Bonchev–Trinajstić information content (AvgIpc) is 2.74. The maximum Gasteiger partial charge on any atom is 0.379 e. The first-order valence-corrected chi connectivity index (χ1v) is 11.9. The number of nitrogens with zero attached hydrogens (tertiary/aromatic N) is 1. The maximum absolute atomic E-state index is 12.4. The van der Waals surface area contributed by atoms with Crippen LogP contribution >= 0.6 is 0 Å². The van der Waals surface area contributed by atoms with Crippen molar-refractivity contribution in [3.63, 3.8) is 0 Å². The second-order valence-electron chi connectivity index (χ2n) is 10.2. The molecule has 1 fully saturated rings. The number of carbonyl (C=O) groups excluding carboxylic acids is 3. The fourth-order valence-electron chi connectivity index (χ4n) is 4.64. The second-order valence-corrected chi connectivity index (χ2v) is 10.2. The number of nitrogens with one attached hydrogen (secondary N) is 1. The van der Waals surface area contributed by atoms with Gasteiger partial charge in [0.2, 0.25) is 5.91 Å². The van der Waals surface area contributed by atoms with E-state index in [4.69, 9.17) is 4.74 Å². The first-order valence-electron chi connectivity index (χ1n) is 11.9. The highest BCUT2D eigenvalue weighted by molar-refractivity contribution is 6.40. The Hall–Kier alpha value is -2.21. The van der Waals surface area contributed by atoms with Gasteiger partial charge in [0.05, 0.1) is 13.2 Å². The molecule has 2 rings (SSSR count). The Bertz CT molecular complexity index is 752. The highest BCUT2D eigenvalue weighted by Gasteiger charge is 2.27. The van der Waals surface area contributed by atoms with Crippen molar-refractivity contribution in [1.82, 2.24) is 10.2 Å². The van der Waals surface area contributed by atoms with Gasteiger partial charge < -0.3 is 10.1 Å². The molecule has 1 aliphatic rings. The lowest BCUT2D eigenvalue weighted by molar-refractivity contribution is -0.139. The van der Waals surface area contributed by atoms with Gasteiger partial charge in [0, 0.05) is 24.2 Å². The molecular weight excluding hydrogens is 404 g/mol. The summed E-state index contributed by atoms with van der Waals surface area (Å²) in [4.78, 5) is 38.9. The van der Waals surface area contributed by atoms with Crippen LogP contribution in [0, 0.1) is 11.3 Å². The number of carbonyl (C=O) groups is 3. The Morgan fingerprint density at radius 3 is 2.38 bits per heavy atom. The van der Waals surface area contributed by atoms with E-state index in [2.05, 4.69) is 37.9 Å². The Morgan fingerprint density at radius 1 is 1.12 bits per heavy atom. The zero-order valence-electron chi connectivity index (χ0n) is 20.4. The molecule has 1 aromatic rings. The van der Waals surface area contributed by atoms with E-state index < -0.39 is 11.8 Å². The van der Waals surface area contributed by atoms with Crippen LogP contribution in [-0.4, -0.2) is 54.3 Å². The van der Waals surface area contributed by atoms with Gasteiger partial charge in [-0.25, -0.2) is 4.79 Å². The van der Waals surface area contributed by atoms with Gasteiger partial charge in [0.1, 0.15) is 0 Å². The molecule has 0 bridgehead atoms. The maximum atomic E-state index is 12.4. The summed E-state index contributed by atoms with van der Waals surface area (Å²) in [5, 5.41) is 3.07. The summed E-state index contributed by atoms with van der Waals surface area (Å²) >= 11 is 0. The Kier molecular flexibility index (Phi) is 9.88. The summed E-state index contributed by atoms with van der Waals surface area (Å²) in [5.74, 6) is -1.22. The quantitative estimate of drug-likeness (QED) is 0.314. The Balaban J connectivity index is 1.69. The SMILES string of the molecule is CC(COC(=O)C(=O)c1ccccc1)CC(C)(C)CCNC(=O)CN1C(C)CCCC1C. The standard InChI is InChI=1S/C26H40N2O4/c1-19(18-32-25(31)24(30)22-12-7-6-8-13-22)16-26(4,5)14-15-27-23(29)17-28-20(2)10-9-11-21(28)3/h6-8,12-13,19-21H,9-11,14-18H2,1-5H3,(H,27,29). The molecule has 1 aromatic carbocycles. The first-order chi connectivity index (χ1) is 15.1. The second kappa shape index (κ2) is 12.1. The van der Waals surface area contributed by atoms with E-state index in [1.165, 1.54) is 6.42 Å². The molecule has 1 heterocycles. The highest BCUT2D eigenvalue weighted by atomic mass is 16.5. The summed E-state index contributed by atoms with van der Waals surface area (Å²) < 4.78 is 5.25. The lowest BCUT2D eigenvalue weighted by Crippen LogP contribution is -2.49.